The van der Waals surface area contributed by atoms with E-state index in [1.165, 1.54) is 24.3 Å². The van der Waals surface area contributed by atoms with Gasteiger partial charge in [0.25, 0.3) is 5.91 Å². The van der Waals surface area contributed by atoms with Crippen molar-refractivity contribution in [3.05, 3.63) is 35.4 Å². The van der Waals surface area contributed by atoms with Crippen LogP contribution in [0.1, 0.15) is 33.6 Å². The van der Waals surface area contributed by atoms with Crippen molar-refractivity contribution in [2.45, 2.75) is 18.9 Å². The van der Waals surface area contributed by atoms with Gasteiger partial charge in [0, 0.05) is 6.42 Å². The zero-order chi connectivity index (χ0) is 14.7. The summed E-state index contributed by atoms with van der Waals surface area (Å²) in [7, 11) is 0. The van der Waals surface area contributed by atoms with Crippen LogP contribution in [0.15, 0.2) is 24.3 Å². The normalized spacial score (nSPS) is 18.3. The summed E-state index contributed by atoms with van der Waals surface area (Å²) in [4.78, 5) is 45.3. The van der Waals surface area contributed by atoms with Crippen LogP contribution in [0.4, 0.5) is 0 Å². The monoisotopic (exact) mass is 277 g/mol. The second-order valence-corrected chi connectivity index (χ2v) is 4.21. The van der Waals surface area contributed by atoms with Crippen LogP contribution in [-0.2, 0) is 14.3 Å². The lowest BCUT2D eigenvalue weighted by atomic mass is 10.0. The predicted octanol–water partition coefficient (Wildman–Crippen LogP) is 0.347. The molecule has 1 fully saturated rings. The van der Waals surface area contributed by atoms with Crippen LogP contribution in [0.3, 0.4) is 0 Å². The summed E-state index contributed by atoms with van der Waals surface area (Å²) in [6, 6.07) is 4.71. The smallest absolute Gasteiger partial charge is 0.336 e. The number of hydrogen-bond donors (Lipinski definition) is 2. The number of rotatable bonds is 3. The first kappa shape index (κ1) is 13.7. The highest BCUT2D eigenvalue weighted by molar-refractivity contribution is 6.06. The van der Waals surface area contributed by atoms with Gasteiger partial charge in [-0.25, -0.2) is 9.59 Å². The van der Waals surface area contributed by atoms with Gasteiger partial charge in [0.1, 0.15) is 6.04 Å². The van der Waals surface area contributed by atoms with E-state index in [0.29, 0.717) is 0 Å². The first-order chi connectivity index (χ1) is 9.49. The Labute approximate surface area is 113 Å². The van der Waals surface area contributed by atoms with Gasteiger partial charge in [0.2, 0.25) is 0 Å². The third-order valence-electron chi connectivity index (χ3n) is 2.84. The Balaban J connectivity index is 2.15. The van der Waals surface area contributed by atoms with Gasteiger partial charge in [0.05, 0.1) is 11.1 Å². The maximum absolute atomic E-state index is 12.0. The molecule has 0 radical (unpaired) electrons. The molecule has 0 aromatic heterocycles. The van der Waals surface area contributed by atoms with Crippen molar-refractivity contribution < 1.29 is 29.0 Å². The molecular formula is C13H11NO6. The molecule has 0 aliphatic carbocycles. The molecule has 2 N–H and O–H groups in total. The van der Waals surface area contributed by atoms with E-state index < -0.39 is 29.9 Å². The Kier molecular flexibility index (Phi) is 3.79. The van der Waals surface area contributed by atoms with E-state index in [0.717, 1.165) is 0 Å². The van der Waals surface area contributed by atoms with Gasteiger partial charge in [-0.1, -0.05) is 12.1 Å². The van der Waals surface area contributed by atoms with Crippen molar-refractivity contribution in [2.75, 3.05) is 0 Å². The van der Waals surface area contributed by atoms with Gasteiger partial charge in [-0.2, -0.15) is 0 Å². The summed E-state index contributed by atoms with van der Waals surface area (Å²) >= 11 is 0. The van der Waals surface area contributed by atoms with Crippen LogP contribution in [0.5, 0.6) is 0 Å². The van der Waals surface area contributed by atoms with Gasteiger partial charge in [-0.05, 0) is 18.6 Å². The Morgan fingerprint density at radius 2 is 1.85 bits per heavy atom. The van der Waals surface area contributed by atoms with Crippen molar-refractivity contribution in [1.82, 2.24) is 5.32 Å². The van der Waals surface area contributed by atoms with Crippen molar-refractivity contribution >= 4 is 23.8 Å². The molecule has 7 heteroatoms. The summed E-state index contributed by atoms with van der Waals surface area (Å²) < 4.78 is 4.40. The molecule has 2 rings (SSSR count). The first-order valence-corrected chi connectivity index (χ1v) is 5.86. The van der Waals surface area contributed by atoms with Gasteiger partial charge in [-0.3, -0.25) is 9.59 Å². The average Bonchev–Trinajstić information content (AvgIpc) is 2.41. The molecule has 1 atom stereocenters. The number of carbonyl (C=O) groups is 4. The van der Waals surface area contributed by atoms with E-state index in [1.54, 1.807) is 0 Å². The van der Waals surface area contributed by atoms with Crippen LogP contribution < -0.4 is 5.32 Å². The predicted molar refractivity (Wildman–Crippen MR) is 65.0 cm³/mol. The number of aromatic carboxylic acids is 1. The highest BCUT2D eigenvalue weighted by atomic mass is 16.6. The maximum Gasteiger partial charge on any atom is 0.336 e. The summed E-state index contributed by atoms with van der Waals surface area (Å²) in [5.41, 5.74) is -0.213. The van der Waals surface area contributed by atoms with E-state index >= 15 is 0 Å². The molecule has 7 nitrogen and oxygen atoms in total. The quantitative estimate of drug-likeness (QED) is 0.609. The minimum atomic E-state index is -1.24. The molecule has 20 heavy (non-hydrogen) atoms. The van der Waals surface area contributed by atoms with Crippen molar-refractivity contribution in [2.24, 2.45) is 0 Å². The number of amides is 1. The lowest BCUT2D eigenvalue weighted by Gasteiger charge is -2.20. The molecular weight excluding hydrogens is 266 g/mol. The lowest BCUT2D eigenvalue weighted by molar-refractivity contribution is -0.165. The number of carbonyl (C=O) groups excluding carboxylic acids is 3. The summed E-state index contributed by atoms with van der Waals surface area (Å²) in [6.45, 7) is 0. The van der Waals surface area contributed by atoms with Crippen LogP contribution in [0.25, 0.3) is 0 Å². The third kappa shape index (κ3) is 2.82. The number of cyclic esters (lactones) is 2. The van der Waals surface area contributed by atoms with Crippen LogP contribution >= 0.6 is 0 Å². The molecule has 1 heterocycles. The van der Waals surface area contributed by atoms with Crippen LogP contribution in [-0.4, -0.2) is 35.0 Å². The van der Waals surface area contributed by atoms with Gasteiger partial charge >= 0.3 is 17.9 Å². The minimum absolute atomic E-state index is 0.0251. The number of esters is 2. The van der Waals surface area contributed by atoms with Gasteiger partial charge in [0.15, 0.2) is 0 Å². The Bertz CT molecular complexity index is 594. The zero-order valence-corrected chi connectivity index (χ0v) is 10.3. The number of carboxylic acid groups (broad SMARTS) is 1. The fraction of sp³-hybridized carbons (Fsp3) is 0.231. The van der Waals surface area contributed by atoms with E-state index in [2.05, 4.69) is 10.1 Å². The topological polar surface area (TPSA) is 110 Å². The van der Waals surface area contributed by atoms with E-state index in [-0.39, 0.29) is 24.0 Å². The molecule has 1 aliphatic rings. The molecule has 1 amide bonds. The standard InChI is InChI=1S/C13H11NO6/c15-10-6-5-9(13(19)20-10)14-11(16)7-3-1-2-4-8(7)12(17)18/h1-4,9H,5-6H2,(H,14,16)(H,17,18). The number of nitrogens with one attached hydrogen (secondary N) is 1. The molecule has 1 aromatic rings. The Hall–Kier alpha value is -2.70. The molecule has 1 saturated heterocycles. The lowest BCUT2D eigenvalue weighted by Crippen LogP contribution is -2.45. The fourth-order valence-electron chi connectivity index (χ4n) is 1.85. The largest absolute Gasteiger partial charge is 0.478 e. The average molecular weight is 277 g/mol. The van der Waals surface area contributed by atoms with Gasteiger partial charge < -0.3 is 15.2 Å². The van der Waals surface area contributed by atoms with Crippen molar-refractivity contribution in [1.29, 1.82) is 0 Å². The number of ether oxygens (including phenoxy) is 1. The van der Waals surface area contributed by atoms with Crippen molar-refractivity contribution in [3.8, 4) is 0 Å². The molecule has 0 saturated carbocycles. The molecule has 1 aliphatic heterocycles. The molecule has 1 unspecified atom stereocenters. The second-order valence-electron chi connectivity index (χ2n) is 4.21. The van der Waals surface area contributed by atoms with Crippen LogP contribution in [0.2, 0.25) is 0 Å². The van der Waals surface area contributed by atoms with Crippen LogP contribution in [0, 0.1) is 0 Å². The van der Waals surface area contributed by atoms with Crippen molar-refractivity contribution in [3.63, 3.8) is 0 Å². The number of benzene rings is 1. The second kappa shape index (κ2) is 5.52. The van der Waals surface area contributed by atoms with E-state index in [1.807, 2.05) is 0 Å². The van der Waals surface area contributed by atoms with Gasteiger partial charge in [-0.15, -0.1) is 0 Å². The maximum atomic E-state index is 12.0. The summed E-state index contributed by atoms with van der Waals surface area (Å²) in [6.07, 6.45) is 0.163. The number of carboxylic acids is 1. The minimum Gasteiger partial charge on any atom is -0.478 e. The number of hydrogen-bond acceptors (Lipinski definition) is 5. The van der Waals surface area contributed by atoms with E-state index in [9.17, 15) is 19.2 Å². The zero-order valence-electron chi connectivity index (χ0n) is 10.3. The first-order valence-electron chi connectivity index (χ1n) is 5.86. The summed E-state index contributed by atoms with van der Waals surface area (Å²) in [5, 5.41) is 11.4. The highest BCUT2D eigenvalue weighted by Crippen LogP contribution is 2.13. The summed E-state index contributed by atoms with van der Waals surface area (Å²) in [5.74, 6) is -3.40. The molecule has 1 aromatic carbocycles. The third-order valence-corrected chi connectivity index (χ3v) is 2.84. The highest BCUT2D eigenvalue weighted by Gasteiger charge is 2.31. The molecule has 0 spiro atoms. The van der Waals surface area contributed by atoms with E-state index in [4.69, 9.17) is 5.11 Å². The Morgan fingerprint density at radius 1 is 1.20 bits per heavy atom. The SMILES string of the molecule is O=C1CCC(NC(=O)c2ccccc2C(=O)O)C(=O)O1. The Morgan fingerprint density at radius 3 is 2.45 bits per heavy atom. The molecule has 104 valence electrons. The molecule has 0 bridgehead atoms. The fourth-order valence-corrected chi connectivity index (χ4v) is 1.85.